The number of fused-ring (bicyclic) bond motifs is 1. The quantitative estimate of drug-likeness (QED) is 0.630. The number of anilines is 2. The van der Waals surface area contributed by atoms with Crippen LogP contribution in [0.1, 0.15) is 28.5 Å². The molecule has 0 aliphatic carbocycles. The molecule has 0 aliphatic heterocycles. The van der Waals surface area contributed by atoms with E-state index < -0.39 is 5.97 Å². The van der Waals surface area contributed by atoms with E-state index in [4.69, 9.17) is 4.74 Å². The van der Waals surface area contributed by atoms with Gasteiger partial charge < -0.3 is 10.1 Å². The van der Waals surface area contributed by atoms with Crippen molar-refractivity contribution in [2.75, 3.05) is 11.9 Å². The summed E-state index contributed by atoms with van der Waals surface area (Å²) in [6, 6.07) is 9.73. The highest BCUT2D eigenvalue weighted by atomic mass is 79.9. The minimum Gasteiger partial charge on any atom is -0.462 e. The molecule has 2 heterocycles. The number of rotatable bonds is 4. The number of nitrogens with zero attached hydrogens (tertiary/aromatic N) is 2. The summed E-state index contributed by atoms with van der Waals surface area (Å²) in [5.41, 5.74) is 4.46. The monoisotopic (exact) mass is 399 g/mol. The number of hydrogen-bond donors (Lipinski definition) is 1. The molecular weight excluding hydrogens is 382 g/mol. The van der Waals surface area contributed by atoms with Gasteiger partial charge in [-0.15, -0.1) is 0 Å². The Hall–Kier alpha value is -2.47. The van der Waals surface area contributed by atoms with Crippen molar-refractivity contribution in [2.24, 2.45) is 0 Å². The van der Waals surface area contributed by atoms with Gasteiger partial charge >= 0.3 is 5.97 Å². The third kappa shape index (κ3) is 3.64. The molecule has 6 heteroatoms. The summed E-state index contributed by atoms with van der Waals surface area (Å²) < 4.78 is 6.20. The molecule has 0 radical (unpaired) electrons. The van der Waals surface area contributed by atoms with Gasteiger partial charge in [-0.2, -0.15) is 0 Å². The number of carbonyl (C=O) groups is 1. The van der Waals surface area contributed by atoms with Gasteiger partial charge in [0.1, 0.15) is 5.56 Å². The molecule has 0 saturated heterocycles. The number of aryl methyl sites for hydroxylation is 2. The Morgan fingerprint density at radius 3 is 2.76 bits per heavy atom. The third-order valence-corrected chi connectivity index (χ3v) is 4.68. The highest BCUT2D eigenvalue weighted by Gasteiger charge is 2.17. The molecule has 3 rings (SSSR count). The van der Waals surface area contributed by atoms with Crippen LogP contribution in [0.4, 0.5) is 11.4 Å². The number of halogens is 1. The van der Waals surface area contributed by atoms with Gasteiger partial charge in [-0.3, -0.25) is 0 Å². The van der Waals surface area contributed by atoms with Gasteiger partial charge in [0.25, 0.3) is 0 Å². The molecule has 0 bridgehead atoms. The predicted molar refractivity (Wildman–Crippen MR) is 102 cm³/mol. The molecule has 128 valence electrons. The third-order valence-electron chi connectivity index (χ3n) is 3.79. The summed E-state index contributed by atoms with van der Waals surface area (Å²) in [6.45, 7) is 6.00. The first kappa shape index (κ1) is 17.4. The topological polar surface area (TPSA) is 64.1 Å². The lowest BCUT2D eigenvalue weighted by Gasteiger charge is -2.14. The van der Waals surface area contributed by atoms with Crippen LogP contribution in [0.2, 0.25) is 0 Å². The number of hydrogen-bond acceptors (Lipinski definition) is 5. The van der Waals surface area contributed by atoms with Crippen molar-refractivity contribution < 1.29 is 9.53 Å². The van der Waals surface area contributed by atoms with E-state index in [1.165, 1.54) is 6.20 Å². The first-order valence-corrected chi connectivity index (χ1v) is 8.75. The Kier molecular flexibility index (Phi) is 4.99. The number of carbonyl (C=O) groups excluding carboxylic acids is 1. The molecular formula is C19H18BrN3O2. The van der Waals surface area contributed by atoms with Crippen molar-refractivity contribution in [2.45, 2.75) is 20.8 Å². The van der Waals surface area contributed by atoms with Crippen LogP contribution in [0.25, 0.3) is 11.0 Å². The summed E-state index contributed by atoms with van der Waals surface area (Å²) >= 11 is 3.50. The van der Waals surface area contributed by atoms with Crippen molar-refractivity contribution in [3.8, 4) is 0 Å². The van der Waals surface area contributed by atoms with E-state index in [1.807, 2.05) is 44.2 Å². The van der Waals surface area contributed by atoms with Gasteiger partial charge in [-0.05, 0) is 56.7 Å². The summed E-state index contributed by atoms with van der Waals surface area (Å²) in [6.07, 6.45) is 1.51. The first-order chi connectivity index (χ1) is 12.0. The van der Waals surface area contributed by atoms with Gasteiger partial charge in [0.05, 0.1) is 12.3 Å². The second kappa shape index (κ2) is 7.19. The predicted octanol–water partition coefficient (Wildman–Crippen LogP) is 4.93. The highest BCUT2D eigenvalue weighted by Crippen LogP contribution is 2.30. The fourth-order valence-corrected chi connectivity index (χ4v) is 2.78. The van der Waals surface area contributed by atoms with E-state index in [9.17, 15) is 4.79 Å². The van der Waals surface area contributed by atoms with Gasteiger partial charge in [0.15, 0.2) is 5.65 Å². The maximum Gasteiger partial charge on any atom is 0.341 e. The van der Waals surface area contributed by atoms with Crippen LogP contribution in [0.15, 0.2) is 41.0 Å². The standard InChI is InChI=1S/C19H18BrN3O2/c1-4-25-19(24)15-10-21-18-14(7-5-12(3)22-18)17(15)23-13-6-8-16(20)11(2)9-13/h5-10H,4H2,1-3H3,(H,21,22,23). The molecule has 0 unspecified atom stereocenters. The van der Waals surface area contributed by atoms with E-state index in [2.05, 4.69) is 31.2 Å². The average Bonchev–Trinajstić information content (AvgIpc) is 2.58. The second-order valence-corrected chi connectivity index (χ2v) is 6.53. The Morgan fingerprint density at radius 2 is 2.04 bits per heavy atom. The molecule has 2 aromatic heterocycles. The van der Waals surface area contributed by atoms with Gasteiger partial charge in [0.2, 0.25) is 0 Å². The summed E-state index contributed by atoms with van der Waals surface area (Å²) in [5.74, 6) is -0.409. The molecule has 1 N–H and O–H groups in total. The Balaban J connectivity index is 2.15. The molecule has 0 spiro atoms. The molecule has 1 aromatic carbocycles. The van der Waals surface area contributed by atoms with Crippen LogP contribution in [0.5, 0.6) is 0 Å². The number of aromatic nitrogens is 2. The molecule has 0 amide bonds. The maximum absolute atomic E-state index is 12.4. The van der Waals surface area contributed by atoms with Crippen LogP contribution in [0.3, 0.4) is 0 Å². The number of nitrogens with one attached hydrogen (secondary N) is 1. The summed E-state index contributed by atoms with van der Waals surface area (Å²) in [7, 11) is 0. The second-order valence-electron chi connectivity index (χ2n) is 5.68. The molecule has 0 aliphatic rings. The van der Waals surface area contributed by atoms with Gasteiger partial charge in [-0.25, -0.2) is 14.8 Å². The van der Waals surface area contributed by atoms with Crippen LogP contribution in [-0.4, -0.2) is 22.5 Å². The van der Waals surface area contributed by atoms with E-state index in [0.29, 0.717) is 23.5 Å². The fourth-order valence-electron chi connectivity index (χ4n) is 2.54. The van der Waals surface area contributed by atoms with Crippen molar-refractivity contribution in [3.63, 3.8) is 0 Å². The lowest BCUT2D eigenvalue weighted by atomic mass is 10.1. The average molecular weight is 400 g/mol. The zero-order chi connectivity index (χ0) is 18.0. The van der Waals surface area contributed by atoms with Crippen molar-refractivity contribution in [1.29, 1.82) is 0 Å². The van der Waals surface area contributed by atoms with Crippen molar-refractivity contribution in [1.82, 2.24) is 9.97 Å². The summed E-state index contributed by atoms with van der Waals surface area (Å²) in [5, 5.41) is 4.12. The van der Waals surface area contributed by atoms with Crippen LogP contribution in [-0.2, 0) is 4.74 Å². The largest absolute Gasteiger partial charge is 0.462 e. The van der Waals surface area contributed by atoms with Crippen molar-refractivity contribution in [3.05, 3.63) is 57.8 Å². The molecule has 0 atom stereocenters. The fraction of sp³-hybridized carbons (Fsp3) is 0.211. The van der Waals surface area contributed by atoms with Gasteiger partial charge in [0, 0.05) is 27.4 Å². The van der Waals surface area contributed by atoms with E-state index in [0.717, 1.165) is 26.8 Å². The number of ether oxygens (including phenoxy) is 1. The number of esters is 1. The first-order valence-electron chi connectivity index (χ1n) is 7.96. The Labute approximate surface area is 154 Å². The maximum atomic E-state index is 12.4. The van der Waals surface area contributed by atoms with Crippen LogP contribution in [0, 0.1) is 13.8 Å². The van der Waals surface area contributed by atoms with Gasteiger partial charge in [-0.1, -0.05) is 15.9 Å². The van der Waals surface area contributed by atoms with E-state index in [1.54, 1.807) is 6.92 Å². The number of benzene rings is 1. The molecule has 0 fully saturated rings. The molecule has 25 heavy (non-hydrogen) atoms. The minimum atomic E-state index is -0.409. The Morgan fingerprint density at radius 1 is 1.24 bits per heavy atom. The molecule has 5 nitrogen and oxygen atoms in total. The van der Waals surface area contributed by atoms with Crippen LogP contribution < -0.4 is 5.32 Å². The molecule has 0 saturated carbocycles. The van der Waals surface area contributed by atoms with E-state index >= 15 is 0 Å². The lowest BCUT2D eigenvalue weighted by molar-refractivity contribution is 0.0527. The Bertz CT molecular complexity index is 957. The summed E-state index contributed by atoms with van der Waals surface area (Å²) in [4.78, 5) is 21.1. The number of pyridine rings is 2. The van der Waals surface area contributed by atoms with Crippen LogP contribution >= 0.6 is 15.9 Å². The zero-order valence-corrected chi connectivity index (χ0v) is 15.8. The normalized spacial score (nSPS) is 10.7. The minimum absolute atomic E-state index is 0.305. The van der Waals surface area contributed by atoms with E-state index in [-0.39, 0.29) is 0 Å². The smallest absolute Gasteiger partial charge is 0.341 e. The zero-order valence-electron chi connectivity index (χ0n) is 14.3. The van der Waals surface area contributed by atoms with Crippen molar-refractivity contribution >= 4 is 44.3 Å². The molecule has 3 aromatic rings. The SMILES string of the molecule is CCOC(=O)c1cnc2nc(C)ccc2c1Nc1ccc(Br)c(C)c1. The lowest BCUT2D eigenvalue weighted by Crippen LogP contribution is -2.09. The highest BCUT2D eigenvalue weighted by molar-refractivity contribution is 9.10.